The van der Waals surface area contributed by atoms with E-state index in [1.54, 1.807) is 11.3 Å². The highest BCUT2D eigenvalue weighted by molar-refractivity contribution is 7.09. The standard InChI is InChI=1S/C19H23NOS/c1-14-13-17(14)19(15-7-3-2-4-8-15)20-18(21)11-5-9-16-10-6-12-22-16/h2-4,6-8,10,12,14,17,19H,5,9,11,13H2,1H3,(H,20,21). The van der Waals surface area contributed by atoms with Crippen LogP contribution in [0.1, 0.15) is 42.7 Å². The molecule has 1 fully saturated rings. The zero-order chi connectivity index (χ0) is 15.4. The summed E-state index contributed by atoms with van der Waals surface area (Å²) in [5.74, 6) is 1.50. The van der Waals surface area contributed by atoms with Crippen LogP contribution >= 0.6 is 11.3 Å². The summed E-state index contributed by atoms with van der Waals surface area (Å²) >= 11 is 1.77. The zero-order valence-corrected chi connectivity index (χ0v) is 13.8. The number of benzene rings is 1. The molecule has 0 radical (unpaired) electrons. The van der Waals surface area contributed by atoms with Gasteiger partial charge in [0.15, 0.2) is 0 Å². The Morgan fingerprint density at radius 3 is 2.68 bits per heavy atom. The summed E-state index contributed by atoms with van der Waals surface area (Å²) in [6, 6.07) is 14.8. The smallest absolute Gasteiger partial charge is 0.220 e. The van der Waals surface area contributed by atoms with Crippen molar-refractivity contribution < 1.29 is 4.79 Å². The molecule has 0 saturated heterocycles. The van der Waals surface area contributed by atoms with Crippen LogP contribution in [0.3, 0.4) is 0 Å². The number of hydrogen-bond acceptors (Lipinski definition) is 2. The van der Waals surface area contributed by atoms with E-state index >= 15 is 0 Å². The normalized spacial score (nSPS) is 21.3. The van der Waals surface area contributed by atoms with E-state index in [0.717, 1.165) is 18.8 Å². The minimum atomic E-state index is 0.185. The molecule has 1 saturated carbocycles. The van der Waals surface area contributed by atoms with Gasteiger partial charge in [-0.2, -0.15) is 0 Å². The van der Waals surface area contributed by atoms with E-state index in [2.05, 4.69) is 54.0 Å². The van der Waals surface area contributed by atoms with Gasteiger partial charge in [-0.1, -0.05) is 43.3 Å². The third-order valence-electron chi connectivity index (χ3n) is 4.48. The lowest BCUT2D eigenvalue weighted by Gasteiger charge is -2.19. The molecule has 3 heteroatoms. The number of aryl methyl sites for hydroxylation is 1. The highest BCUT2D eigenvalue weighted by Crippen LogP contribution is 2.46. The Morgan fingerprint density at radius 2 is 2.05 bits per heavy atom. The fraction of sp³-hybridized carbons (Fsp3) is 0.421. The Labute approximate surface area is 136 Å². The molecule has 1 amide bonds. The Kier molecular flexibility index (Phi) is 4.94. The van der Waals surface area contributed by atoms with Crippen LogP contribution in [0.5, 0.6) is 0 Å². The van der Waals surface area contributed by atoms with Crippen molar-refractivity contribution in [3.8, 4) is 0 Å². The molecule has 116 valence electrons. The lowest BCUT2D eigenvalue weighted by molar-refractivity contribution is -0.122. The first-order chi connectivity index (χ1) is 10.7. The van der Waals surface area contributed by atoms with Gasteiger partial charge in [0.05, 0.1) is 6.04 Å². The molecule has 1 aliphatic rings. The van der Waals surface area contributed by atoms with Gasteiger partial charge >= 0.3 is 0 Å². The second-order valence-electron chi connectivity index (χ2n) is 6.27. The number of carbonyl (C=O) groups excluding carboxylic acids is 1. The van der Waals surface area contributed by atoms with Crippen molar-refractivity contribution in [2.75, 3.05) is 0 Å². The van der Waals surface area contributed by atoms with Crippen LogP contribution < -0.4 is 5.32 Å². The minimum Gasteiger partial charge on any atom is -0.349 e. The van der Waals surface area contributed by atoms with Gasteiger partial charge in [0.2, 0.25) is 5.91 Å². The van der Waals surface area contributed by atoms with Crippen molar-refractivity contribution >= 4 is 17.2 Å². The van der Waals surface area contributed by atoms with Crippen molar-refractivity contribution in [3.05, 3.63) is 58.3 Å². The third kappa shape index (κ3) is 3.98. The molecular weight excluding hydrogens is 290 g/mol. The summed E-state index contributed by atoms with van der Waals surface area (Å²) < 4.78 is 0. The van der Waals surface area contributed by atoms with Gasteiger partial charge in [-0.15, -0.1) is 11.3 Å². The Balaban J connectivity index is 1.53. The van der Waals surface area contributed by atoms with Gasteiger partial charge < -0.3 is 5.32 Å². The highest BCUT2D eigenvalue weighted by atomic mass is 32.1. The average molecular weight is 313 g/mol. The van der Waals surface area contributed by atoms with Crippen LogP contribution in [0.2, 0.25) is 0 Å². The lowest BCUT2D eigenvalue weighted by atomic mass is 10.0. The summed E-state index contributed by atoms with van der Waals surface area (Å²) in [4.78, 5) is 13.7. The molecule has 0 aliphatic heterocycles. The van der Waals surface area contributed by atoms with Crippen LogP contribution in [0.15, 0.2) is 47.8 Å². The number of thiophene rings is 1. The second-order valence-corrected chi connectivity index (χ2v) is 7.30. The van der Waals surface area contributed by atoms with E-state index in [1.165, 1.54) is 16.9 Å². The molecule has 2 aromatic rings. The number of carbonyl (C=O) groups is 1. The topological polar surface area (TPSA) is 29.1 Å². The lowest BCUT2D eigenvalue weighted by Crippen LogP contribution is -2.30. The molecule has 1 N–H and O–H groups in total. The minimum absolute atomic E-state index is 0.185. The van der Waals surface area contributed by atoms with Gasteiger partial charge in [-0.25, -0.2) is 0 Å². The first-order valence-corrected chi connectivity index (χ1v) is 8.98. The second kappa shape index (κ2) is 7.10. The summed E-state index contributed by atoms with van der Waals surface area (Å²) in [6.07, 6.45) is 3.76. The predicted molar refractivity (Wildman–Crippen MR) is 91.9 cm³/mol. The number of nitrogens with one attached hydrogen (secondary N) is 1. The predicted octanol–water partition coefficient (Wildman–Crippen LogP) is 4.58. The number of rotatable bonds is 7. The molecule has 2 nitrogen and oxygen atoms in total. The third-order valence-corrected chi connectivity index (χ3v) is 5.42. The molecule has 0 spiro atoms. The van der Waals surface area contributed by atoms with Gasteiger partial charge in [0.25, 0.3) is 0 Å². The van der Waals surface area contributed by atoms with Crippen molar-refractivity contribution in [3.63, 3.8) is 0 Å². The molecule has 1 aliphatic carbocycles. The molecule has 3 rings (SSSR count). The van der Waals surface area contributed by atoms with E-state index in [-0.39, 0.29) is 11.9 Å². The summed E-state index contributed by atoms with van der Waals surface area (Å²) in [6.45, 7) is 2.27. The molecule has 1 heterocycles. The fourth-order valence-electron chi connectivity index (χ4n) is 3.04. The van der Waals surface area contributed by atoms with E-state index in [1.807, 2.05) is 6.07 Å². The monoisotopic (exact) mass is 313 g/mol. The molecule has 1 aromatic carbocycles. The van der Waals surface area contributed by atoms with Gasteiger partial charge in [-0.3, -0.25) is 4.79 Å². The van der Waals surface area contributed by atoms with E-state index < -0.39 is 0 Å². The number of amides is 1. The molecule has 3 atom stereocenters. The Hall–Kier alpha value is -1.61. The molecular formula is C19H23NOS. The van der Waals surface area contributed by atoms with E-state index in [4.69, 9.17) is 0 Å². The average Bonchev–Trinajstić information content (AvgIpc) is 3.02. The van der Waals surface area contributed by atoms with E-state index in [0.29, 0.717) is 12.3 Å². The van der Waals surface area contributed by atoms with Gasteiger partial charge in [-0.05, 0) is 48.1 Å². The summed E-state index contributed by atoms with van der Waals surface area (Å²) in [5, 5.41) is 5.36. The quantitative estimate of drug-likeness (QED) is 0.796. The first kappa shape index (κ1) is 15.3. The van der Waals surface area contributed by atoms with Gasteiger partial charge in [0.1, 0.15) is 0 Å². The van der Waals surface area contributed by atoms with Gasteiger partial charge in [0, 0.05) is 11.3 Å². The maximum atomic E-state index is 12.3. The van der Waals surface area contributed by atoms with Crippen LogP contribution in [0, 0.1) is 11.8 Å². The van der Waals surface area contributed by atoms with Crippen molar-refractivity contribution in [2.45, 2.75) is 38.6 Å². The number of hydrogen-bond donors (Lipinski definition) is 1. The van der Waals surface area contributed by atoms with Crippen LogP contribution in [-0.2, 0) is 11.2 Å². The largest absolute Gasteiger partial charge is 0.349 e. The summed E-state index contributed by atoms with van der Waals surface area (Å²) in [5.41, 5.74) is 1.24. The van der Waals surface area contributed by atoms with Crippen LogP contribution in [-0.4, -0.2) is 5.91 Å². The zero-order valence-electron chi connectivity index (χ0n) is 13.0. The molecule has 1 aromatic heterocycles. The summed E-state index contributed by atoms with van der Waals surface area (Å²) in [7, 11) is 0. The molecule has 22 heavy (non-hydrogen) atoms. The van der Waals surface area contributed by atoms with Crippen molar-refractivity contribution in [2.24, 2.45) is 11.8 Å². The maximum Gasteiger partial charge on any atom is 0.220 e. The van der Waals surface area contributed by atoms with Crippen molar-refractivity contribution in [1.82, 2.24) is 5.32 Å². The molecule has 0 bridgehead atoms. The highest BCUT2D eigenvalue weighted by Gasteiger charge is 2.40. The van der Waals surface area contributed by atoms with Crippen LogP contribution in [0.25, 0.3) is 0 Å². The van der Waals surface area contributed by atoms with Crippen molar-refractivity contribution in [1.29, 1.82) is 0 Å². The fourth-order valence-corrected chi connectivity index (χ4v) is 3.79. The maximum absolute atomic E-state index is 12.3. The Morgan fingerprint density at radius 1 is 1.27 bits per heavy atom. The SMILES string of the molecule is CC1CC1C(NC(=O)CCCc1cccs1)c1ccccc1. The van der Waals surface area contributed by atoms with E-state index in [9.17, 15) is 4.79 Å². The Bertz CT molecular complexity index is 593. The first-order valence-electron chi connectivity index (χ1n) is 8.10. The molecule has 3 unspecified atom stereocenters. The van der Waals surface area contributed by atoms with Crippen LogP contribution in [0.4, 0.5) is 0 Å².